The van der Waals surface area contributed by atoms with Gasteiger partial charge in [-0.15, -0.1) is 0 Å². The Morgan fingerprint density at radius 3 is 2.95 bits per heavy atom. The van der Waals surface area contributed by atoms with Gasteiger partial charge in [0.1, 0.15) is 18.2 Å². The first kappa shape index (κ1) is 14.0. The third-order valence-electron chi connectivity index (χ3n) is 3.03. The van der Waals surface area contributed by atoms with Crippen molar-refractivity contribution in [3.05, 3.63) is 11.9 Å². The van der Waals surface area contributed by atoms with Crippen molar-refractivity contribution in [2.45, 2.75) is 38.5 Å². The number of nitrogens with one attached hydrogen (secondary N) is 2. The first-order valence-electron chi connectivity index (χ1n) is 6.43. The Labute approximate surface area is 112 Å². The number of nitrogens with two attached hydrogens (primary N) is 1. The second kappa shape index (κ2) is 6.65. The molecule has 1 fully saturated rings. The predicted octanol–water partition coefficient (Wildman–Crippen LogP) is 0.888. The van der Waals surface area contributed by atoms with Crippen LogP contribution in [0.3, 0.4) is 0 Å². The summed E-state index contributed by atoms with van der Waals surface area (Å²) in [5.74, 6) is 7.34. The average molecular weight is 267 g/mol. The zero-order valence-electron chi connectivity index (χ0n) is 11.3. The summed E-state index contributed by atoms with van der Waals surface area (Å²) in [7, 11) is 1.61. The lowest BCUT2D eigenvalue weighted by molar-refractivity contribution is 0.0231. The highest BCUT2D eigenvalue weighted by atomic mass is 16.5. The summed E-state index contributed by atoms with van der Waals surface area (Å²) in [6.45, 7) is 3.21. The number of hydrogen-bond acceptors (Lipinski definition) is 7. The van der Waals surface area contributed by atoms with Crippen molar-refractivity contribution >= 4 is 11.6 Å². The van der Waals surface area contributed by atoms with Crippen LogP contribution in [0, 0.1) is 0 Å². The van der Waals surface area contributed by atoms with Crippen LogP contribution in [0.4, 0.5) is 11.6 Å². The van der Waals surface area contributed by atoms with Crippen LogP contribution < -0.4 is 16.6 Å². The normalized spacial score (nSPS) is 23.1. The first-order chi connectivity index (χ1) is 9.21. The van der Waals surface area contributed by atoms with E-state index in [1.807, 2.05) is 0 Å². The fourth-order valence-corrected chi connectivity index (χ4v) is 2.18. The summed E-state index contributed by atoms with van der Waals surface area (Å²) >= 11 is 0. The Hall–Kier alpha value is -1.44. The highest BCUT2D eigenvalue weighted by Gasteiger charge is 2.19. The van der Waals surface area contributed by atoms with Crippen LogP contribution >= 0.6 is 0 Å². The second-order valence-corrected chi connectivity index (χ2v) is 4.68. The molecule has 2 unspecified atom stereocenters. The Kier molecular flexibility index (Phi) is 4.89. The molecule has 7 nitrogen and oxygen atoms in total. The zero-order chi connectivity index (χ0) is 13.7. The molecular weight excluding hydrogens is 246 g/mol. The van der Waals surface area contributed by atoms with Crippen molar-refractivity contribution in [2.75, 3.05) is 24.5 Å². The van der Waals surface area contributed by atoms with Crippen molar-refractivity contribution in [1.29, 1.82) is 0 Å². The molecule has 4 N–H and O–H groups in total. The highest BCUT2D eigenvalue weighted by Crippen LogP contribution is 2.19. The van der Waals surface area contributed by atoms with Gasteiger partial charge in [0.2, 0.25) is 0 Å². The summed E-state index contributed by atoms with van der Waals surface area (Å²) in [5, 5.41) is 3.40. The summed E-state index contributed by atoms with van der Waals surface area (Å²) in [6.07, 6.45) is 2.22. The molecule has 0 amide bonds. The fraction of sp³-hybridized carbons (Fsp3) is 0.667. The van der Waals surface area contributed by atoms with Crippen LogP contribution in [0.25, 0.3) is 0 Å². The molecule has 106 valence electrons. The van der Waals surface area contributed by atoms with Gasteiger partial charge in [-0.25, -0.2) is 15.8 Å². The number of anilines is 2. The smallest absolute Gasteiger partial charge is 0.158 e. The molecule has 0 aliphatic carbocycles. The van der Waals surface area contributed by atoms with Crippen molar-refractivity contribution in [3.63, 3.8) is 0 Å². The molecule has 19 heavy (non-hydrogen) atoms. The molecule has 2 atom stereocenters. The third-order valence-corrected chi connectivity index (χ3v) is 3.03. The van der Waals surface area contributed by atoms with E-state index in [2.05, 4.69) is 27.6 Å². The summed E-state index contributed by atoms with van der Waals surface area (Å²) in [6, 6.07) is 2.15. The molecular formula is C12H21N5O2. The van der Waals surface area contributed by atoms with E-state index < -0.39 is 0 Å². The number of hydrazine groups is 1. The predicted molar refractivity (Wildman–Crippen MR) is 72.6 cm³/mol. The molecule has 7 heteroatoms. The van der Waals surface area contributed by atoms with Gasteiger partial charge in [-0.2, -0.15) is 0 Å². The highest BCUT2D eigenvalue weighted by molar-refractivity contribution is 5.47. The van der Waals surface area contributed by atoms with Crippen LogP contribution in [-0.4, -0.2) is 35.8 Å². The minimum Gasteiger partial charge on any atom is -0.378 e. The van der Waals surface area contributed by atoms with E-state index in [0.717, 1.165) is 25.3 Å². The molecule has 1 aliphatic heterocycles. The molecule has 1 aromatic heterocycles. The van der Waals surface area contributed by atoms with Gasteiger partial charge < -0.3 is 20.2 Å². The van der Waals surface area contributed by atoms with Gasteiger partial charge in [0.05, 0.1) is 6.10 Å². The van der Waals surface area contributed by atoms with Crippen molar-refractivity contribution in [1.82, 2.24) is 9.97 Å². The largest absolute Gasteiger partial charge is 0.378 e. The van der Waals surface area contributed by atoms with Gasteiger partial charge >= 0.3 is 0 Å². The van der Waals surface area contributed by atoms with Gasteiger partial charge in [0.15, 0.2) is 5.82 Å². The summed E-state index contributed by atoms with van der Waals surface area (Å²) < 4.78 is 10.6. The number of rotatable bonds is 5. The quantitative estimate of drug-likeness (QED) is 0.538. The summed E-state index contributed by atoms with van der Waals surface area (Å²) in [5.41, 5.74) is 2.54. The van der Waals surface area contributed by atoms with E-state index in [0.29, 0.717) is 24.3 Å². The van der Waals surface area contributed by atoms with E-state index in [-0.39, 0.29) is 6.10 Å². The van der Waals surface area contributed by atoms with Crippen molar-refractivity contribution in [3.8, 4) is 0 Å². The second-order valence-electron chi connectivity index (χ2n) is 4.68. The number of aromatic nitrogens is 2. The van der Waals surface area contributed by atoms with E-state index in [1.54, 1.807) is 13.2 Å². The topological polar surface area (TPSA) is 94.3 Å². The molecule has 2 rings (SSSR count). The number of methoxy groups -OCH3 is 1. The third kappa shape index (κ3) is 4.02. The van der Waals surface area contributed by atoms with E-state index in [4.69, 9.17) is 15.3 Å². The SMILES string of the molecule is COCc1nc(NN)cc(NC2CCOC(C)C2)n1. The van der Waals surface area contributed by atoms with Crippen LogP contribution in [0.2, 0.25) is 0 Å². The number of hydrogen-bond donors (Lipinski definition) is 3. The molecule has 0 bridgehead atoms. The first-order valence-corrected chi connectivity index (χ1v) is 6.43. The molecule has 0 aromatic carbocycles. The molecule has 0 radical (unpaired) electrons. The maximum Gasteiger partial charge on any atom is 0.158 e. The molecule has 1 aliphatic rings. The monoisotopic (exact) mass is 267 g/mol. The van der Waals surface area contributed by atoms with E-state index in [9.17, 15) is 0 Å². The maximum atomic E-state index is 5.53. The molecule has 1 aromatic rings. The van der Waals surface area contributed by atoms with Gasteiger partial charge in [0, 0.05) is 25.8 Å². The van der Waals surface area contributed by atoms with Gasteiger partial charge in [-0.3, -0.25) is 0 Å². The van der Waals surface area contributed by atoms with Gasteiger partial charge in [-0.05, 0) is 19.8 Å². The lowest BCUT2D eigenvalue weighted by atomic mass is 10.0. The Balaban J connectivity index is 2.07. The van der Waals surface area contributed by atoms with Crippen LogP contribution in [0.1, 0.15) is 25.6 Å². The summed E-state index contributed by atoms with van der Waals surface area (Å²) in [4.78, 5) is 8.62. The molecule has 1 saturated heterocycles. The van der Waals surface area contributed by atoms with E-state index in [1.165, 1.54) is 0 Å². The van der Waals surface area contributed by atoms with Gasteiger partial charge in [-0.1, -0.05) is 0 Å². The Morgan fingerprint density at radius 2 is 2.26 bits per heavy atom. The van der Waals surface area contributed by atoms with Crippen molar-refractivity contribution in [2.24, 2.45) is 5.84 Å². The standard InChI is InChI=1S/C12H21N5O2/c1-8-5-9(3-4-19-8)14-10-6-11(17-13)16-12(15-10)7-18-2/h6,8-9H,3-5,7,13H2,1-2H3,(H2,14,15,16,17). The maximum absolute atomic E-state index is 5.53. The lowest BCUT2D eigenvalue weighted by Gasteiger charge is -2.28. The lowest BCUT2D eigenvalue weighted by Crippen LogP contribution is -2.33. The Morgan fingerprint density at radius 1 is 1.47 bits per heavy atom. The van der Waals surface area contributed by atoms with Crippen LogP contribution in [0.15, 0.2) is 6.07 Å². The average Bonchev–Trinajstić information content (AvgIpc) is 2.39. The number of nitrogens with zero attached hydrogens (tertiary/aromatic N) is 2. The van der Waals surface area contributed by atoms with Crippen LogP contribution in [0.5, 0.6) is 0 Å². The number of ether oxygens (including phenoxy) is 2. The molecule has 0 spiro atoms. The minimum absolute atomic E-state index is 0.277. The Bertz CT molecular complexity index is 415. The van der Waals surface area contributed by atoms with Crippen LogP contribution in [-0.2, 0) is 16.1 Å². The fourth-order valence-electron chi connectivity index (χ4n) is 2.18. The molecule has 0 saturated carbocycles. The minimum atomic E-state index is 0.277. The van der Waals surface area contributed by atoms with E-state index >= 15 is 0 Å². The molecule has 2 heterocycles. The zero-order valence-corrected chi connectivity index (χ0v) is 11.3. The number of nitrogen functional groups attached to an aromatic ring is 1. The van der Waals surface area contributed by atoms with Crippen molar-refractivity contribution < 1.29 is 9.47 Å². The van der Waals surface area contributed by atoms with Gasteiger partial charge in [0.25, 0.3) is 0 Å².